The number of halogens is 6. The third kappa shape index (κ3) is 6.94. The number of aliphatic hydroxyl groups is 1. The zero-order valence-electron chi connectivity index (χ0n) is 21.8. The lowest BCUT2D eigenvalue weighted by Gasteiger charge is -2.15. The average Bonchev–Trinajstić information content (AvgIpc) is 3.45. The Morgan fingerprint density at radius 3 is 2.38 bits per heavy atom. The molecule has 17 heteroatoms. The van der Waals surface area contributed by atoms with Gasteiger partial charge in [-0.25, -0.2) is 19.1 Å². The van der Waals surface area contributed by atoms with Gasteiger partial charge in [-0.05, 0) is 43.3 Å². The van der Waals surface area contributed by atoms with Crippen LogP contribution in [0.1, 0.15) is 31.6 Å². The van der Waals surface area contributed by atoms with E-state index >= 15 is 0 Å². The molecule has 2 heterocycles. The second-order valence-corrected chi connectivity index (χ2v) is 9.27. The second kappa shape index (κ2) is 12.3. The van der Waals surface area contributed by atoms with Crippen LogP contribution in [0.5, 0.6) is 5.75 Å². The summed E-state index contributed by atoms with van der Waals surface area (Å²) in [5, 5.41) is 18.4. The smallest absolute Gasteiger partial charge is 0.416 e. The van der Waals surface area contributed by atoms with Crippen molar-refractivity contribution in [2.24, 2.45) is 0 Å². The van der Waals surface area contributed by atoms with E-state index in [1.807, 2.05) is 0 Å². The van der Waals surface area contributed by atoms with Crippen molar-refractivity contribution < 1.29 is 41.3 Å². The number of hydrogen-bond donors (Lipinski definition) is 1. The minimum atomic E-state index is -5.02. The summed E-state index contributed by atoms with van der Waals surface area (Å²) in [6, 6.07) is 11.3. The first-order valence-corrected chi connectivity index (χ1v) is 12.5. The molecule has 2 atom stereocenters. The Balaban J connectivity index is 1.81. The van der Waals surface area contributed by atoms with Gasteiger partial charge in [0, 0.05) is 17.5 Å². The van der Waals surface area contributed by atoms with Crippen LogP contribution in [-0.4, -0.2) is 59.1 Å². The monoisotopic (exact) mass is 616 g/mol. The maximum Gasteiger partial charge on any atom is 0.416 e. The molecule has 0 radical (unpaired) electrons. The summed E-state index contributed by atoms with van der Waals surface area (Å²) in [6.07, 6.45) is -8.95. The molecule has 0 aliphatic heterocycles. The maximum atomic E-state index is 13.2. The van der Waals surface area contributed by atoms with Crippen molar-refractivity contribution in [2.75, 3.05) is 0 Å². The lowest BCUT2D eigenvalue weighted by atomic mass is 10.2. The summed E-state index contributed by atoms with van der Waals surface area (Å²) in [7, 11) is 0. The first kappa shape index (κ1) is 30.6. The van der Waals surface area contributed by atoms with Gasteiger partial charge in [-0.3, -0.25) is 9.36 Å². The molecule has 0 aliphatic carbocycles. The normalized spacial score (nSPS) is 13.3. The van der Waals surface area contributed by atoms with Gasteiger partial charge in [-0.1, -0.05) is 23.7 Å². The molecule has 0 spiro atoms. The van der Waals surface area contributed by atoms with Crippen LogP contribution in [-0.2, 0) is 22.6 Å². The van der Waals surface area contributed by atoms with E-state index in [1.165, 1.54) is 55.5 Å². The zero-order chi connectivity index (χ0) is 30.8. The Morgan fingerprint density at radius 1 is 1.10 bits per heavy atom. The third-order valence-corrected chi connectivity index (χ3v) is 5.99. The maximum absolute atomic E-state index is 13.2. The summed E-state index contributed by atoms with van der Waals surface area (Å²) < 4.78 is 77.9. The molecule has 224 valence electrons. The van der Waals surface area contributed by atoms with Crippen molar-refractivity contribution in [1.29, 1.82) is 0 Å². The molecule has 4 aromatic rings. The highest BCUT2D eigenvalue weighted by Crippen LogP contribution is 2.28. The molecule has 2 aromatic heterocycles. The number of aromatic nitrogens is 6. The van der Waals surface area contributed by atoms with Gasteiger partial charge in [-0.15, -0.1) is 10.2 Å². The number of rotatable bonds is 10. The van der Waals surface area contributed by atoms with Crippen molar-refractivity contribution in [3.63, 3.8) is 0 Å². The molecule has 0 bridgehead atoms. The van der Waals surface area contributed by atoms with Gasteiger partial charge in [0.2, 0.25) is 0 Å². The molecule has 0 amide bonds. The molecule has 0 unspecified atom stereocenters. The lowest BCUT2D eigenvalue weighted by molar-refractivity contribution is -0.207. The largest absolute Gasteiger partial charge is 0.455 e. The summed E-state index contributed by atoms with van der Waals surface area (Å²) in [6.45, 7) is -2.25. The van der Waals surface area contributed by atoms with E-state index in [4.69, 9.17) is 16.3 Å². The minimum Gasteiger partial charge on any atom is -0.455 e. The van der Waals surface area contributed by atoms with Gasteiger partial charge in [0.25, 0.3) is 0 Å². The summed E-state index contributed by atoms with van der Waals surface area (Å²) in [5.41, 5.74) is -0.806. The first-order chi connectivity index (χ1) is 19.7. The van der Waals surface area contributed by atoms with Crippen molar-refractivity contribution in [2.45, 2.75) is 51.9 Å². The number of ether oxygens (including phenoxy) is 2. The Labute approximate surface area is 238 Å². The van der Waals surface area contributed by atoms with Crippen LogP contribution in [0.4, 0.5) is 22.0 Å². The Bertz CT molecular complexity index is 1620. The molecule has 42 heavy (non-hydrogen) atoms. The Morgan fingerprint density at radius 2 is 1.76 bits per heavy atom. The number of esters is 1. The SMILES string of the molecule is CC(=O)O[C@@H](C)c1nc(Cn2nc(-c3ccc(Cl)cc3)n(C[C@H](O)C(F)(F)F)c2=O)nn1-c1ccccc1OC(F)F. The van der Waals surface area contributed by atoms with E-state index < -0.39 is 49.7 Å². The van der Waals surface area contributed by atoms with Gasteiger partial charge >= 0.3 is 24.4 Å². The lowest BCUT2D eigenvalue weighted by Crippen LogP contribution is -2.37. The number of nitrogens with zero attached hydrogens (tertiary/aromatic N) is 6. The molecule has 0 aliphatic rings. The molecule has 4 rings (SSSR count). The number of para-hydroxylation sites is 2. The number of aliphatic hydroxyl groups excluding tert-OH is 1. The van der Waals surface area contributed by atoms with Gasteiger partial charge in [0.15, 0.2) is 35.4 Å². The first-order valence-electron chi connectivity index (χ1n) is 12.1. The highest BCUT2D eigenvalue weighted by molar-refractivity contribution is 6.30. The van der Waals surface area contributed by atoms with Crippen LogP contribution < -0.4 is 10.4 Å². The average molecular weight is 617 g/mol. The van der Waals surface area contributed by atoms with Crippen LogP contribution >= 0.6 is 11.6 Å². The fourth-order valence-corrected chi connectivity index (χ4v) is 4.06. The van der Waals surface area contributed by atoms with Crippen molar-refractivity contribution in [1.82, 2.24) is 29.1 Å². The molecule has 11 nitrogen and oxygen atoms in total. The summed E-state index contributed by atoms with van der Waals surface area (Å²) >= 11 is 5.91. The fourth-order valence-electron chi connectivity index (χ4n) is 3.94. The zero-order valence-corrected chi connectivity index (χ0v) is 22.6. The standard InChI is InChI=1S/C25H22ClF5N6O5/c1-13(41-14(2)38)21-32-20(33-37(21)17-5-3-4-6-18(17)42-23(27)28)12-36-24(40)35(11-19(39)25(29,30)31)22(34-36)15-7-9-16(26)10-8-15/h3-10,13,19,23,39H,11-12H2,1-2H3/t13-,19-/m0/s1. The summed E-state index contributed by atoms with van der Waals surface area (Å²) in [4.78, 5) is 29.1. The summed E-state index contributed by atoms with van der Waals surface area (Å²) in [5.74, 6) is -1.34. The van der Waals surface area contributed by atoms with E-state index in [0.717, 1.165) is 16.3 Å². The molecule has 0 saturated heterocycles. The highest BCUT2D eigenvalue weighted by atomic mass is 35.5. The number of hydrogen-bond acceptors (Lipinski definition) is 8. The van der Waals surface area contributed by atoms with Crippen LogP contribution in [0.15, 0.2) is 53.3 Å². The van der Waals surface area contributed by atoms with E-state index in [1.54, 1.807) is 0 Å². The molecular weight excluding hydrogens is 595 g/mol. The van der Waals surface area contributed by atoms with Crippen LogP contribution in [0.3, 0.4) is 0 Å². The second-order valence-electron chi connectivity index (χ2n) is 8.83. The van der Waals surface area contributed by atoms with Gasteiger partial charge in [0.05, 0.1) is 6.54 Å². The fraction of sp³-hybridized carbons (Fsp3) is 0.320. The van der Waals surface area contributed by atoms with Gasteiger partial charge < -0.3 is 14.6 Å². The van der Waals surface area contributed by atoms with Crippen LogP contribution in [0.2, 0.25) is 5.02 Å². The minimum absolute atomic E-state index is 0.00131. The van der Waals surface area contributed by atoms with E-state index in [2.05, 4.69) is 19.9 Å². The molecule has 0 saturated carbocycles. The Kier molecular flexibility index (Phi) is 8.96. The topological polar surface area (TPSA) is 126 Å². The molecule has 2 aromatic carbocycles. The molecule has 0 fully saturated rings. The number of carbonyl (C=O) groups excluding carboxylic acids is 1. The van der Waals surface area contributed by atoms with Crippen molar-refractivity contribution in [3.05, 3.63) is 75.7 Å². The van der Waals surface area contributed by atoms with Crippen molar-refractivity contribution in [3.8, 4) is 22.8 Å². The van der Waals surface area contributed by atoms with Crippen LogP contribution in [0.25, 0.3) is 17.1 Å². The predicted octanol–water partition coefficient (Wildman–Crippen LogP) is 4.14. The molecular formula is C25H22ClF5N6O5. The number of benzene rings is 2. The van der Waals surface area contributed by atoms with Crippen molar-refractivity contribution >= 4 is 17.6 Å². The van der Waals surface area contributed by atoms with Gasteiger partial charge in [0.1, 0.15) is 12.2 Å². The predicted molar refractivity (Wildman–Crippen MR) is 136 cm³/mol. The van der Waals surface area contributed by atoms with Gasteiger partial charge in [-0.2, -0.15) is 22.0 Å². The molecule has 1 N–H and O–H groups in total. The van der Waals surface area contributed by atoms with Crippen LogP contribution in [0, 0.1) is 0 Å². The quantitative estimate of drug-likeness (QED) is 0.208. The van der Waals surface area contributed by atoms with E-state index in [0.29, 0.717) is 9.59 Å². The Hall–Kier alpha value is -4.31. The highest BCUT2D eigenvalue weighted by Gasteiger charge is 2.39. The number of alkyl halides is 5. The van der Waals surface area contributed by atoms with E-state index in [-0.39, 0.29) is 34.5 Å². The number of carbonyl (C=O) groups is 1. The third-order valence-electron chi connectivity index (χ3n) is 5.74. The van der Waals surface area contributed by atoms with E-state index in [9.17, 15) is 36.6 Å².